The van der Waals surface area contributed by atoms with E-state index in [0.717, 1.165) is 0 Å². The zero-order valence-corrected chi connectivity index (χ0v) is 17.1. The van der Waals surface area contributed by atoms with E-state index in [9.17, 15) is 0 Å². The number of benzene rings is 2. The standard InChI is InChI=1S/C27H34N/c1-18(2)22-16-26(28(8)17-25(22)27(5,6)7)24-15-23(19(3)14-20(24)4)21-12-10-9-11-13-21/h9-18H,1-8H3/q+1/i1D3,2D3,3D3,18D. The lowest BCUT2D eigenvalue weighted by molar-refractivity contribution is -0.661. The van der Waals surface area contributed by atoms with Crippen LogP contribution in [0.4, 0.5) is 0 Å². The fourth-order valence-electron chi connectivity index (χ4n) is 3.56. The van der Waals surface area contributed by atoms with E-state index in [1.54, 1.807) is 36.9 Å². The van der Waals surface area contributed by atoms with Crippen LogP contribution < -0.4 is 4.57 Å². The Morgan fingerprint density at radius 2 is 1.68 bits per heavy atom. The van der Waals surface area contributed by atoms with Crippen LogP contribution in [0.1, 0.15) is 76.3 Å². The Morgan fingerprint density at radius 3 is 2.29 bits per heavy atom. The molecule has 0 aliphatic heterocycles. The summed E-state index contributed by atoms with van der Waals surface area (Å²) in [6, 6.07) is 13.9. The van der Waals surface area contributed by atoms with Gasteiger partial charge in [0.2, 0.25) is 5.69 Å². The molecule has 1 heteroatoms. The topological polar surface area (TPSA) is 3.88 Å². The molecule has 1 nitrogen and oxygen atoms in total. The molecule has 2 aromatic carbocycles. The van der Waals surface area contributed by atoms with Crippen LogP contribution in [0.25, 0.3) is 22.4 Å². The predicted molar refractivity (Wildman–Crippen MR) is 121 cm³/mol. The average molecular weight is 383 g/mol. The van der Waals surface area contributed by atoms with Crippen molar-refractivity contribution < 1.29 is 18.3 Å². The van der Waals surface area contributed by atoms with Gasteiger partial charge >= 0.3 is 0 Å². The molecule has 0 spiro atoms. The van der Waals surface area contributed by atoms with Crippen molar-refractivity contribution >= 4 is 0 Å². The minimum atomic E-state index is -3.15. The first-order valence-corrected chi connectivity index (χ1v) is 9.36. The largest absolute Gasteiger partial charge is 0.212 e. The molecule has 0 unspecified atom stereocenters. The SMILES string of the molecule is [2H]C([2H])([2H])c1cc(C)c(-c2cc(C([2H])(C([2H])([2H])[2H])C([2H])([2H])[2H])c(C(C)(C)C)c[n+]2C)cc1-c1ccccc1. The smallest absolute Gasteiger partial charge is 0.201 e. The summed E-state index contributed by atoms with van der Waals surface area (Å²) in [5, 5.41) is 0. The molecule has 0 radical (unpaired) electrons. The van der Waals surface area contributed by atoms with Crippen molar-refractivity contribution in [1.29, 1.82) is 0 Å². The summed E-state index contributed by atoms with van der Waals surface area (Å²) in [6.45, 7) is -1.39. The second kappa shape index (κ2) is 7.54. The molecular formula is C27H34N+. The van der Waals surface area contributed by atoms with E-state index in [-0.39, 0.29) is 11.1 Å². The van der Waals surface area contributed by atoms with E-state index < -0.39 is 31.9 Å². The zero-order valence-electron chi connectivity index (χ0n) is 27.1. The Kier molecular flexibility index (Phi) is 2.95. The van der Waals surface area contributed by atoms with Gasteiger partial charge in [-0.05, 0) is 59.0 Å². The Hall–Kier alpha value is -2.41. The first-order chi connectivity index (χ1) is 17.1. The van der Waals surface area contributed by atoms with E-state index in [1.165, 1.54) is 6.07 Å². The normalized spacial score (nSPS) is 18.9. The summed E-state index contributed by atoms with van der Waals surface area (Å²) in [4.78, 5) is 0. The van der Waals surface area contributed by atoms with Gasteiger partial charge in [0.15, 0.2) is 6.20 Å². The number of hydrogen-bond donors (Lipinski definition) is 0. The van der Waals surface area contributed by atoms with Crippen LogP contribution in [0.2, 0.25) is 0 Å². The third-order valence-electron chi connectivity index (χ3n) is 5.08. The Bertz CT molecular complexity index is 1310. The fourth-order valence-corrected chi connectivity index (χ4v) is 3.56. The molecule has 3 aromatic rings. The monoisotopic (exact) mass is 382 g/mol. The van der Waals surface area contributed by atoms with Crippen molar-refractivity contribution in [2.45, 2.75) is 59.6 Å². The van der Waals surface area contributed by atoms with Crippen LogP contribution in [0, 0.1) is 13.8 Å². The Balaban J connectivity index is 2.48. The summed E-state index contributed by atoms with van der Waals surface area (Å²) < 4.78 is 83.7. The van der Waals surface area contributed by atoms with Crippen molar-refractivity contribution in [1.82, 2.24) is 0 Å². The quantitative estimate of drug-likeness (QED) is 0.435. The van der Waals surface area contributed by atoms with Crippen molar-refractivity contribution in [2.24, 2.45) is 7.05 Å². The van der Waals surface area contributed by atoms with Gasteiger partial charge in [-0.25, -0.2) is 4.57 Å². The van der Waals surface area contributed by atoms with E-state index >= 15 is 0 Å². The Morgan fingerprint density at radius 1 is 0.964 bits per heavy atom. The molecule has 0 amide bonds. The third kappa shape index (κ3) is 3.90. The molecule has 1 aromatic heterocycles. The van der Waals surface area contributed by atoms with Crippen LogP contribution in [0.5, 0.6) is 0 Å². The van der Waals surface area contributed by atoms with Crippen molar-refractivity contribution in [3.05, 3.63) is 77.0 Å². The number of nitrogens with zero attached hydrogens (tertiary/aromatic N) is 1. The molecule has 28 heavy (non-hydrogen) atoms. The van der Waals surface area contributed by atoms with Gasteiger partial charge < -0.3 is 0 Å². The molecule has 146 valence electrons. The van der Waals surface area contributed by atoms with Crippen LogP contribution in [0.15, 0.2) is 54.7 Å². The van der Waals surface area contributed by atoms with Gasteiger partial charge in [-0.2, -0.15) is 0 Å². The highest BCUT2D eigenvalue weighted by atomic mass is 14.9. The lowest BCUT2D eigenvalue weighted by Gasteiger charge is -2.24. The predicted octanol–water partition coefficient (Wildman–Crippen LogP) is 6.88. The van der Waals surface area contributed by atoms with Crippen LogP contribution in [-0.2, 0) is 12.5 Å². The third-order valence-corrected chi connectivity index (χ3v) is 5.08. The number of pyridine rings is 1. The molecule has 3 rings (SSSR count). The van der Waals surface area contributed by atoms with Crippen molar-refractivity contribution in [3.63, 3.8) is 0 Å². The van der Waals surface area contributed by atoms with Crippen LogP contribution >= 0.6 is 0 Å². The van der Waals surface area contributed by atoms with E-state index in [0.29, 0.717) is 33.5 Å². The molecule has 0 saturated heterocycles. The van der Waals surface area contributed by atoms with Gasteiger partial charge in [-0.15, -0.1) is 0 Å². The van der Waals surface area contributed by atoms with Gasteiger partial charge in [-0.3, -0.25) is 0 Å². The second-order valence-corrected chi connectivity index (χ2v) is 8.30. The maximum atomic E-state index is 8.95. The fraction of sp³-hybridized carbons (Fsp3) is 0.370. The second-order valence-electron chi connectivity index (χ2n) is 8.30. The number of aryl methyl sites for hydroxylation is 3. The lowest BCUT2D eigenvalue weighted by Crippen LogP contribution is -2.34. The maximum Gasteiger partial charge on any atom is 0.212 e. The molecule has 0 aliphatic carbocycles. The minimum absolute atomic E-state index is 0.0985. The highest BCUT2D eigenvalue weighted by Gasteiger charge is 2.26. The highest BCUT2D eigenvalue weighted by molar-refractivity contribution is 5.75. The van der Waals surface area contributed by atoms with Gasteiger partial charge in [-0.1, -0.05) is 70.9 Å². The lowest BCUT2D eigenvalue weighted by atomic mass is 9.81. The van der Waals surface area contributed by atoms with E-state index in [2.05, 4.69) is 0 Å². The highest BCUT2D eigenvalue weighted by Crippen LogP contribution is 2.35. The zero-order chi connectivity index (χ0) is 29.1. The van der Waals surface area contributed by atoms with Gasteiger partial charge in [0, 0.05) is 30.9 Å². The average Bonchev–Trinajstić information content (AvgIpc) is 2.76. The molecule has 0 atom stereocenters. The van der Waals surface area contributed by atoms with E-state index in [4.69, 9.17) is 13.7 Å². The minimum Gasteiger partial charge on any atom is -0.201 e. The van der Waals surface area contributed by atoms with Crippen LogP contribution in [0.3, 0.4) is 0 Å². The molecule has 0 fully saturated rings. The summed E-state index contributed by atoms with van der Waals surface area (Å²) >= 11 is 0. The summed E-state index contributed by atoms with van der Waals surface area (Å²) in [5.41, 5.74) is 2.77. The van der Waals surface area contributed by atoms with Crippen LogP contribution in [-0.4, -0.2) is 0 Å². The Labute approximate surface area is 185 Å². The first-order valence-electron chi connectivity index (χ1n) is 14.4. The van der Waals surface area contributed by atoms with E-state index in [1.807, 2.05) is 51.1 Å². The summed E-state index contributed by atoms with van der Waals surface area (Å²) in [6.07, 6.45) is 1.69. The molecule has 0 saturated carbocycles. The molecule has 0 N–H and O–H groups in total. The van der Waals surface area contributed by atoms with Crippen molar-refractivity contribution in [3.8, 4) is 22.4 Å². The van der Waals surface area contributed by atoms with Gasteiger partial charge in [0.05, 0.1) is 0 Å². The summed E-state index contributed by atoms with van der Waals surface area (Å²) in [5.74, 6) is -2.89. The number of rotatable bonds is 3. The first kappa shape index (κ1) is 11.0. The number of aromatic nitrogens is 1. The number of hydrogen-bond acceptors (Lipinski definition) is 0. The molecule has 0 aliphatic rings. The molecule has 0 bridgehead atoms. The van der Waals surface area contributed by atoms with Crippen molar-refractivity contribution in [2.75, 3.05) is 0 Å². The van der Waals surface area contributed by atoms with Gasteiger partial charge in [0.1, 0.15) is 7.05 Å². The summed E-state index contributed by atoms with van der Waals surface area (Å²) in [7, 11) is 1.77. The molecular weight excluding hydrogens is 338 g/mol. The molecule has 1 heterocycles. The van der Waals surface area contributed by atoms with Gasteiger partial charge in [0.25, 0.3) is 0 Å². The maximum absolute atomic E-state index is 8.95.